The van der Waals surface area contributed by atoms with Crippen molar-refractivity contribution in [2.75, 3.05) is 0 Å². The predicted molar refractivity (Wildman–Crippen MR) is 51.7 cm³/mol. The number of fused-ring (bicyclic) bond motifs is 3. The van der Waals surface area contributed by atoms with Gasteiger partial charge in [0, 0.05) is 17.2 Å². The molecule has 0 amide bonds. The van der Waals surface area contributed by atoms with Gasteiger partial charge in [-0.05, 0) is 5.56 Å². The van der Waals surface area contributed by atoms with Crippen LogP contribution in [0.3, 0.4) is 0 Å². The number of azo groups is 1. The van der Waals surface area contributed by atoms with Gasteiger partial charge in [-0.15, -0.1) is 0 Å². The zero-order chi connectivity index (χ0) is 9.54. The van der Waals surface area contributed by atoms with Crippen LogP contribution in [0.25, 0.3) is 5.57 Å². The third kappa shape index (κ3) is 0.836. The van der Waals surface area contributed by atoms with E-state index in [0.717, 1.165) is 16.7 Å². The second kappa shape index (κ2) is 2.48. The summed E-state index contributed by atoms with van der Waals surface area (Å²) in [6.45, 7) is 0. The number of ketones is 1. The average molecular weight is 182 g/mol. The Balaban J connectivity index is 2.33. The second-order valence-corrected chi connectivity index (χ2v) is 3.20. The smallest absolute Gasteiger partial charge is 0.188 e. The lowest BCUT2D eigenvalue weighted by Crippen LogP contribution is -2.06. The molecule has 2 aliphatic rings. The maximum absolute atomic E-state index is 11.6. The molecule has 3 nitrogen and oxygen atoms in total. The molecule has 1 heterocycles. The highest BCUT2D eigenvalue weighted by Gasteiger charge is 2.23. The highest BCUT2D eigenvalue weighted by Crippen LogP contribution is 2.35. The molecule has 1 aliphatic heterocycles. The fourth-order valence-corrected chi connectivity index (χ4v) is 1.72. The Morgan fingerprint density at radius 2 is 1.86 bits per heavy atom. The molecule has 0 radical (unpaired) electrons. The van der Waals surface area contributed by atoms with Crippen molar-refractivity contribution in [3.05, 3.63) is 53.4 Å². The summed E-state index contributed by atoms with van der Waals surface area (Å²) < 4.78 is 0. The molecule has 1 aliphatic carbocycles. The van der Waals surface area contributed by atoms with E-state index in [2.05, 4.69) is 10.2 Å². The minimum atomic E-state index is 0.00796. The highest BCUT2D eigenvalue weighted by molar-refractivity contribution is 6.13. The van der Waals surface area contributed by atoms with E-state index >= 15 is 0 Å². The number of hydrogen-bond donors (Lipinski definition) is 0. The van der Waals surface area contributed by atoms with Gasteiger partial charge < -0.3 is 0 Å². The lowest BCUT2D eigenvalue weighted by molar-refractivity contribution is 0.104. The Bertz CT molecular complexity index is 524. The van der Waals surface area contributed by atoms with E-state index in [1.54, 1.807) is 6.20 Å². The molecular formula is C11H6N2O. The van der Waals surface area contributed by atoms with Crippen LogP contribution in [0, 0.1) is 0 Å². The molecule has 0 bridgehead atoms. The number of allylic oxidation sites excluding steroid dienone is 2. The van der Waals surface area contributed by atoms with Crippen molar-refractivity contribution in [3.8, 4) is 0 Å². The van der Waals surface area contributed by atoms with Gasteiger partial charge in [0.2, 0.25) is 0 Å². The van der Waals surface area contributed by atoms with Crippen LogP contribution >= 0.6 is 0 Å². The summed E-state index contributed by atoms with van der Waals surface area (Å²) in [5, 5.41) is 7.68. The molecule has 0 atom stereocenters. The molecule has 0 aromatic heterocycles. The normalized spacial score (nSPS) is 17.3. The van der Waals surface area contributed by atoms with Crippen molar-refractivity contribution in [1.82, 2.24) is 0 Å². The van der Waals surface area contributed by atoms with Gasteiger partial charge in [0.05, 0.1) is 11.9 Å². The third-order valence-corrected chi connectivity index (χ3v) is 2.38. The molecule has 66 valence electrons. The maximum Gasteiger partial charge on any atom is 0.188 e. The van der Waals surface area contributed by atoms with Gasteiger partial charge in [-0.1, -0.05) is 24.3 Å². The van der Waals surface area contributed by atoms with E-state index < -0.39 is 0 Å². The Kier molecular flexibility index (Phi) is 1.31. The van der Waals surface area contributed by atoms with Gasteiger partial charge in [0.25, 0.3) is 0 Å². The predicted octanol–water partition coefficient (Wildman–Crippen LogP) is 2.57. The summed E-state index contributed by atoms with van der Waals surface area (Å²) in [6.07, 6.45) is 3.22. The van der Waals surface area contributed by atoms with E-state index in [9.17, 15) is 4.79 Å². The number of rotatable bonds is 0. The largest absolute Gasteiger partial charge is 0.289 e. The highest BCUT2D eigenvalue weighted by atomic mass is 16.1. The Morgan fingerprint density at radius 1 is 1.07 bits per heavy atom. The molecule has 3 rings (SSSR count). The van der Waals surface area contributed by atoms with Gasteiger partial charge in [0.15, 0.2) is 5.78 Å². The second-order valence-electron chi connectivity index (χ2n) is 3.20. The van der Waals surface area contributed by atoms with Crippen LogP contribution in [0.1, 0.15) is 15.9 Å². The Labute approximate surface area is 80.5 Å². The molecule has 0 fully saturated rings. The maximum atomic E-state index is 11.6. The van der Waals surface area contributed by atoms with Crippen LogP contribution in [-0.2, 0) is 0 Å². The zero-order valence-electron chi connectivity index (χ0n) is 7.27. The molecule has 14 heavy (non-hydrogen) atoms. The summed E-state index contributed by atoms with van der Waals surface area (Å²) in [5.41, 5.74) is 3.28. The molecule has 1 aromatic rings. The van der Waals surface area contributed by atoms with Crippen LogP contribution in [0.4, 0.5) is 0 Å². The summed E-state index contributed by atoms with van der Waals surface area (Å²) in [7, 11) is 0. The van der Waals surface area contributed by atoms with Crippen LogP contribution in [0.15, 0.2) is 52.5 Å². The topological polar surface area (TPSA) is 41.8 Å². The van der Waals surface area contributed by atoms with Crippen molar-refractivity contribution in [2.45, 2.75) is 0 Å². The fraction of sp³-hybridized carbons (Fsp3) is 0. The molecular weight excluding hydrogens is 176 g/mol. The molecule has 0 saturated carbocycles. The number of hydrogen-bond acceptors (Lipinski definition) is 3. The Morgan fingerprint density at radius 3 is 2.71 bits per heavy atom. The number of carbonyl (C=O) groups is 1. The van der Waals surface area contributed by atoms with E-state index in [1.165, 1.54) is 6.08 Å². The van der Waals surface area contributed by atoms with Crippen LogP contribution in [-0.4, -0.2) is 5.78 Å². The van der Waals surface area contributed by atoms with E-state index in [4.69, 9.17) is 0 Å². The van der Waals surface area contributed by atoms with Crippen LogP contribution < -0.4 is 0 Å². The van der Waals surface area contributed by atoms with Gasteiger partial charge in [0.1, 0.15) is 0 Å². The molecule has 0 N–H and O–H groups in total. The first-order valence-corrected chi connectivity index (χ1v) is 4.33. The van der Waals surface area contributed by atoms with Crippen LogP contribution in [0.2, 0.25) is 0 Å². The standard InChI is InChI=1S/C11H6N2O/c14-11-5-10-9(6-12-13-10)7-3-1-2-4-8(7)11/h1-6H. The lowest BCUT2D eigenvalue weighted by Gasteiger charge is -2.12. The minimum Gasteiger partial charge on any atom is -0.289 e. The number of nitrogens with zero attached hydrogens (tertiary/aromatic N) is 2. The van der Waals surface area contributed by atoms with Crippen LogP contribution in [0.5, 0.6) is 0 Å². The van der Waals surface area contributed by atoms with E-state index in [1.807, 2.05) is 24.3 Å². The van der Waals surface area contributed by atoms with Crippen molar-refractivity contribution >= 4 is 11.4 Å². The van der Waals surface area contributed by atoms with Crippen molar-refractivity contribution in [3.63, 3.8) is 0 Å². The molecule has 1 aromatic carbocycles. The van der Waals surface area contributed by atoms with Crippen molar-refractivity contribution < 1.29 is 4.79 Å². The van der Waals surface area contributed by atoms with Gasteiger partial charge in [-0.25, -0.2) is 0 Å². The van der Waals surface area contributed by atoms with E-state index in [0.29, 0.717) is 5.70 Å². The van der Waals surface area contributed by atoms with Crippen molar-refractivity contribution in [2.24, 2.45) is 10.2 Å². The average Bonchev–Trinajstić information content (AvgIpc) is 2.66. The molecule has 0 unspecified atom stereocenters. The third-order valence-electron chi connectivity index (χ3n) is 2.38. The first kappa shape index (κ1) is 7.38. The van der Waals surface area contributed by atoms with E-state index in [-0.39, 0.29) is 5.78 Å². The molecule has 0 spiro atoms. The summed E-state index contributed by atoms with van der Waals surface area (Å²) in [5.74, 6) is 0.00796. The lowest BCUT2D eigenvalue weighted by atomic mass is 9.90. The monoisotopic (exact) mass is 182 g/mol. The fourth-order valence-electron chi connectivity index (χ4n) is 1.72. The molecule has 0 saturated heterocycles. The summed E-state index contributed by atoms with van der Waals surface area (Å²) >= 11 is 0. The Hall–Kier alpha value is -2.03. The first-order valence-electron chi connectivity index (χ1n) is 4.33. The summed E-state index contributed by atoms with van der Waals surface area (Å²) in [4.78, 5) is 11.6. The van der Waals surface area contributed by atoms with Crippen molar-refractivity contribution in [1.29, 1.82) is 0 Å². The number of carbonyl (C=O) groups excluding carboxylic acids is 1. The van der Waals surface area contributed by atoms with Gasteiger partial charge in [-0.2, -0.15) is 10.2 Å². The van der Waals surface area contributed by atoms with Gasteiger partial charge >= 0.3 is 0 Å². The summed E-state index contributed by atoms with van der Waals surface area (Å²) in [6, 6.07) is 7.51. The minimum absolute atomic E-state index is 0.00796. The first-order chi connectivity index (χ1) is 6.86. The molecule has 3 heteroatoms. The van der Waals surface area contributed by atoms with Gasteiger partial charge in [-0.3, -0.25) is 4.79 Å². The quantitative estimate of drug-likeness (QED) is 0.608. The SMILES string of the molecule is O=C1C=C2N=NC=C2c2ccccc21. The number of benzene rings is 1. The zero-order valence-corrected chi connectivity index (χ0v) is 7.27.